The van der Waals surface area contributed by atoms with Crippen molar-refractivity contribution in [2.45, 2.75) is 18.9 Å². The van der Waals surface area contributed by atoms with E-state index in [9.17, 15) is 4.79 Å². The second-order valence-electron chi connectivity index (χ2n) is 7.91. The molecule has 0 spiro atoms. The van der Waals surface area contributed by atoms with Crippen molar-refractivity contribution in [3.05, 3.63) is 78.9 Å². The van der Waals surface area contributed by atoms with Crippen molar-refractivity contribution in [3.63, 3.8) is 0 Å². The van der Waals surface area contributed by atoms with Crippen molar-refractivity contribution < 1.29 is 23.7 Å². The topological polar surface area (TPSA) is 78.1 Å². The van der Waals surface area contributed by atoms with Crippen molar-refractivity contribution >= 4 is 17.3 Å². The highest BCUT2D eigenvalue weighted by molar-refractivity contribution is 5.93. The van der Waals surface area contributed by atoms with E-state index in [4.69, 9.17) is 18.9 Å². The summed E-state index contributed by atoms with van der Waals surface area (Å²) in [5.74, 6) is 2.19. The first-order valence-corrected chi connectivity index (χ1v) is 11.5. The molecule has 1 aliphatic heterocycles. The van der Waals surface area contributed by atoms with E-state index in [-0.39, 0.29) is 18.6 Å². The SMILES string of the molecule is O=C(CNc1ccc(OCC2CCCO2)cc1)Nc1ccc(OCCOc2ccccc2)cc1. The number of benzene rings is 3. The smallest absolute Gasteiger partial charge is 0.243 e. The van der Waals surface area contributed by atoms with Crippen LogP contribution < -0.4 is 24.8 Å². The summed E-state index contributed by atoms with van der Waals surface area (Å²) in [7, 11) is 0. The van der Waals surface area contributed by atoms with Gasteiger partial charge in [-0.15, -0.1) is 0 Å². The van der Waals surface area contributed by atoms with Gasteiger partial charge >= 0.3 is 0 Å². The van der Waals surface area contributed by atoms with Gasteiger partial charge in [-0.3, -0.25) is 4.79 Å². The first-order chi connectivity index (χ1) is 16.7. The van der Waals surface area contributed by atoms with E-state index in [1.165, 1.54) is 0 Å². The molecule has 1 amide bonds. The third kappa shape index (κ3) is 7.71. The lowest BCUT2D eigenvalue weighted by Crippen LogP contribution is -2.21. The first kappa shape index (κ1) is 23.4. The fourth-order valence-corrected chi connectivity index (χ4v) is 3.49. The molecule has 7 heteroatoms. The Morgan fingerprint density at radius 3 is 2.06 bits per heavy atom. The molecule has 1 heterocycles. The Morgan fingerprint density at radius 2 is 1.41 bits per heavy atom. The first-order valence-electron chi connectivity index (χ1n) is 11.5. The van der Waals surface area contributed by atoms with E-state index in [0.29, 0.717) is 25.5 Å². The summed E-state index contributed by atoms with van der Waals surface area (Å²) in [5, 5.41) is 5.99. The zero-order chi connectivity index (χ0) is 23.4. The van der Waals surface area contributed by atoms with Gasteiger partial charge in [0.15, 0.2) is 0 Å². The van der Waals surface area contributed by atoms with Gasteiger partial charge in [-0.1, -0.05) is 18.2 Å². The Balaban J connectivity index is 1.12. The van der Waals surface area contributed by atoms with Crippen LogP contribution >= 0.6 is 0 Å². The molecule has 7 nitrogen and oxygen atoms in total. The molecule has 1 saturated heterocycles. The van der Waals surface area contributed by atoms with Crippen LogP contribution in [0.1, 0.15) is 12.8 Å². The van der Waals surface area contributed by atoms with Gasteiger partial charge in [0.05, 0.1) is 12.6 Å². The molecule has 0 bridgehead atoms. The minimum Gasteiger partial charge on any atom is -0.491 e. The number of ether oxygens (including phenoxy) is 4. The Morgan fingerprint density at radius 1 is 0.794 bits per heavy atom. The molecule has 1 atom stereocenters. The van der Waals surface area contributed by atoms with E-state index in [2.05, 4.69) is 10.6 Å². The van der Waals surface area contributed by atoms with Crippen molar-refractivity contribution in [1.82, 2.24) is 0 Å². The molecular formula is C27H30N2O5. The van der Waals surface area contributed by atoms with Crippen LogP contribution in [0, 0.1) is 0 Å². The largest absolute Gasteiger partial charge is 0.491 e. The summed E-state index contributed by atoms with van der Waals surface area (Å²) < 4.78 is 22.6. The molecule has 1 aliphatic rings. The van der Waals surface area contributed by atoms with Crippen molar-refractivity contribution in [2.24, 2.45) is 0 Å². The lowest BCUT2D eigenvalue weighted by atomic mass is 10.2. The maximum absolute atomic E-state index is 12.3. The molecule has 1 unspecified atom stereocenters. The third-order valence-corrected chi connectivity index (χ3v) is 5.27. The summed E-state index contributed by atoms with van der Waals surface area (Å²) in [5.41, 5.74) is 1.55. The number of hydrogen-bond acceptors (Lipinski definition) is 6. The number of anilines is 2. The van der Waals surface area contributed by atoms with E-state index in [0.717, 1.165) is 42.4 Å². The van der Waals surface area contributed by atoms with Crippen molar-refractivity contribution in [3.8, 4) is 17.2 Å². The number of para-hydroxylation sites is 1. The molecule has 0 aliphatic carbocycles. The Hall–Kier alpha value is -3.71. The van der Waals surface area contributed by atoms with Crippen LogP contribution in [-0.4, -0.2) is 45.0 Å². The predicted octanol–water partition coefficient (Wildman–Crippen LogP) is 4.75. The average molecular weight is 463 g/mol. The summed E-state index contributed by atoms with van der Waals surface area (Å²) in [6, 6.07) is 24.4. The molecule has 0 aromatic heterocycles. The Labute approximate surface area is 200 Å². The van der Waals surface area contributed by atoms with Gasteiger partial charge in [-0.2, -0.15) is 0 Å². The normalized spacial score (nSPS) is 14.9. The predicted molar refractivity (Wildman–Crippen MR) is 132 cm³/mol. The van der Waals surface area contributed by atoms with Crippen molar-refractivity contribution in [2.75, 3.05) is 43.6 Å². The van der Waals surface area contributed by atoms with Gasteiger partial charge in [0.2, 0.25) is 5.91 Å². The molecule has 3 aromatic carbocycles. The highest BCUT2D eigenvalue weighted by Crippen LogP contribution is 2.19. The fraction of sp³-hybridized carbons (Fsp3) is 0.296. The fourth-order valence-electron chi connectivity index (χ4n) is 3.49. The average Bonchev–Trinajstić information content (AvgIpc) is 3.40. The highest BCUT2D eigenvalue weighted by Gasteiger charge is 2.15. The van der Waals surface area contributed by atoms with Gasteiger partial charge in [-0.05, 0) is 73.5 Å². The third-order valence-electron chi connectivity index (χ3n) is 5.27. The Bertz CT molecular complexity index is 1000. The summed E-state index contributed by atoms with van der Waals surface area (Å²) >= 11 is 0. The van der Waals surface area contributed by atoms with Crippen LogP contribution in [0.25, 0.3) is 0 Å². The zero-order valence-electron chi connectivity index (χ0n) is 19.1. The van der Waals surface area contributed by atoms with Gasteiger partial charge in [0.1, 0.15) is 37.1 Å². The summed E-state index contributed by atoms with van der Waals surface area (Å²) in [6.45, 7) is 2.44. The maximum atomic E-state index is 12.3. The number of rotatable bonds is 12. The molecule has 4 rings (SSSR count). The molecule has 34 heavy (non-hydrogen) atoms. The highest BCUT2D eigenvalue weighted by atomic mass is 16.5. The number of nitrogens with one attached hydrogen (secondary N) is 2. The maximum Gasteiger partial charge on any atom is 0.243 e. The van der Waals surface area contributed by atoms with E-state index in [1.54, 1.807) is 0 Å². The molecule has 0 saturated carbocycles. The molecular weight excluding hydrogens is 432 g/mol. The molecule has 178 valence electrons. The van der Waals surface area contributed by atoms with Crippen LogP contribution in [0.5, 0.6) is 17.2 Å². The second kappa shape index (κ2) is 12.5. The van der Waals surface area contributed by atoms with Crippen LogP contribution in [-0.2, 0) is 9.53 Å². The number of hydrogen-bond donors (Lipinski definition) is 2. The van der Waals surface area contributed by atoms with Gasteiger partial charge in [-0.25, -0.2) is 0 Å². The molecule has 3 aromatic rings. The van der Waals surface area contributed by atoms with Gasteiger partial charge in [0, 0.05) is 18.0 Å². The number of carbonyl (C=O) groups excluding carboxylic acids is 1. The summed E-state index contributed by atoms with van der Waals surface area (Å²) in [4.78, 5) is 12.3. The van der Waals surface area contributed by atoms with Crippen LogP contribution in [0.3, 0.4) is 0 Å². The van der Waals surface area contributed by atoms with Crippen molar-refractivity contribution in [1.29, 1.82) is 0 Å². The zero-order valence-corrected chi connectivity index (χ0v) is 19.1. The van der Waals surface area contributed by atoms with Gasteiger partial charge < -0.3 is 29.6 Å². The lowest BCUT2D eigenvalue weighted by molar-refractivity contribution is -0.114. The standard InChI is InChI=1S/C27H30N2O5/c30-27(19-28-21-8-12-25(13-9-21)34-20-26-7-4-16-31-26)29-22-10-14-24(15-11-22)33-18-17-32-23-5-2-1-3-6-23/h1-3,5-6,8-15,26,28H,4,7,16-20H2,(H,29,30). The molecule has 0 radical (unpaired) electrons. The van der Waals surface area contributed by atoms with E-state index < -0.39 is 0 Å². The van der Waals surface area contributed by atoms with E-state index >= 15 is 0 Å². The number of amides is 1. The Kier molecular flexibility index (Phi) is 8.63. The summed E-state index contributed by atoms with van der Waals surface area (Å²) in [6.07, 6.45) is 2.34. The van der Waals surface area contributed by atoms with Gasteiger partial charge in [0.25, 0.3) is 0 Å². The molecule has 2 N–H and O–H groups in total. The second-order valence-corrected chi connectivity index (χ2v) is 7.91. The lowest BCUT2D eigenvalue weighted by Gasteiger charge is -2.12. The van der Waals surface area contributed by atoms with E-state index in [1.807, 2.05) is 78.9 Å². The monoisotopic (exact) mass is 462 g/mol. The number of carbonyl (C=O) groups is 1. The quantitative estimate of drug-likeness (QED) is 0.378. The minimum atomic E-state index is -0.136. The molecule has 1 fully saturated rings. The van der Waals surface area contributed by atoms with Crippen LogP contribution in [0.4, 0.5) is 11.4 Å². The van der Waals surface area contributed by atoms with Crippen LogP contribution in [0.2, 0.25) is 0 Å². The van der Waals surface area contributed by atoms with Crippen LogP contribution in [0.15, 0.2) is 78.9 Å². The minimum absolute atomic E-state index is 0.136.